The number of hydrogen-bond donors (Lipinski definition) is 3. The van der Waals surface area contributed by atoms with Crippen molar-refractivity contribution in [1.82, 2.24) is 4.98 Å². The third-order valence-electron chi connectivity index (χ3n) is 5.62. The summed E-state index contributed by atoms with van der Waals surface area (Å²) in [5.41, 5.74) is 5.06. The van der Waals surface area contributed by atoms with Crippen LogP contribution in [0.5, 0.6) is 0 Å². The van der Waals surface area contributed by atoms with Gasteiger partial charge < -0.3 is 10.4 Å². The zero-order chi connectivity index (χ0) is 20.8. The van der Waals surface area contributed by atoms with E-state index in [4.69, 9.17) is 5.14 Å². The van der Waals surface area contributed by atoms with Crippen LogP contribution >= 0.6 is 0 Å². The molecule has 29 heavy (non-hydrogen) atoms. The topological polar surface area (TPSA) is 118 Å². The number of nitrogens with two attached hydrogens (primary N) is 1. The van der Waals surface area contributed by atoms with Gasteiger partial charge in [0.1, 0.15) is 15.5 Å². The van der Waals surface area contributed by atoms with E-state index >= 15 is 0 Å². The van der Waals surface area contributed by atoms with Crippen LogP contribution in [0, 0.1) is 0 Å². The summed E-state index contributed by atoms with van der Waals surface area (Å²) < 4.78 is 16.6. The zero-order valence-electron chi connectivity index (χ0n) is 16.7. The average molecular weight is 415 g/mol. The highest BCUT2D eigenvalue weighted by Gasteiger charge is 2.25. The Kier molecular flexibility index (Phi) is 4.96. The number of aryl methyl sites for hydroxylation is 2. The molecule has 1 atom stereocenters. The summed E-state index contributed by atoms with van der Waals surface area (Å²) in [4.78, 5) is 16.9. The highest BCUT2D eigenvalue weighted by atomic mass is 32.2. The Hall–Kier alpha value is -2.29. The molecule has 0 spiro atoms. The van der Waals surface area contributed by atoms with E-state index in [0.717, 1.165) is 44.2 Å². The maximum atomic E-state index is 12.9. The van der Waals surface area contributed by atoms with Gasteiger partial charge in [-0.1, -0.05) is 6.07 Å². The van der Waals surface area contributed by atoms with Crippen LogP contribution in [0.4, 0.5) is 10.5 Å². The van der Waals surface area contributed by atoms with Crippen molar-refractivity contribution < 1.29 is 14.1 Å². The van der Waals surface area contributed by atoms with E-state index in [0.29, 0.717) is 5.69 Å². The van der Waals surface area contributed by atoms with Gasteiger partial charge in [-0.15, -0.1) is 4.36 Å². The number of aliphatic hydroxyl groups is 1. The summed E-state index contributed by atoms with van der Waals surface area (Å²) in [6.45, 7) is 3.20. The van der Waals surface area contributed by atoms with Gasteiger partial charge in [-0.05, 0) is 86.8 Å². The minimum atomic E-state index is -3.45. The molecule has 1 heterocycles. The highest BCUT2D eigenvalue weighted by Crippen LogP contribution is 2.38. The molecule has 0 saturated heterocycles. The van der Waals surface area contributed by atoms with E-state index in [1.165, 1.54) is 40.6 Å². The lowest BCUT2D eigenvalue weighted by atomic mass is 9.99. The van der Waals surface area contributed by atoms with Crippen LogP contribution in [-0.2, 0) is 41.2 Å². The van der Waals surface area contributed by atoms with Gasteiger partial charge in [0.05, 0.1) is 10.6 Å². The zero-order valence-corrected chi connectivity index (χ0v) is 17.5. The normalized spacial score (nSPS) is 17.4. The first kappa shape index (κ1) is 20.0. The average Bonchev–Trinajstić information content (AvgIpc) is 3.29. The first-order chi connectivity index (χ1) is 13.6. The molecular formula is C21H26N4O3S. The number of hydrogen-bond acceptors (Lipinski definition) is 4. The second-order valence-electron chi connectivity index (χ2n) is 8.26. The van der Waals surface area contributed by atoms with E-state index in [2.05, 4.69) is 20.7 Å². The monoisotopic (exact) mass is 414 g/mol. The predicted octanol–water partition coefficient (Wildman–Crippen LogP) is 3.22. The largest absolute Gasteiger partial charge is 0.384 e. The molecule has 2 amide bonds. The maximum absolute atomic E-state index is 12.9. The van der Waals surface area contributed by atoms with Crippen LogP contribution in [0.25, 0.3) is 0 Å². The van der Waals surface area contributed by atoms with Crippen molar-refractivity contribution in [1.29, 1.82) is 0 Å². The van der Waals surface area contributed by atoms with Gasteiger partial charge in [0.2, 0.25) is 0 Å². The molecule has 0 aliphatic heterocycles. The van der Waals surface area contributed by atoms with E-state index in [-0.39, 0.29) is 4.90 Å². The molecule has 0 saturated carbocycles. The van der Waals surface area contributed by atoms with Crippen molar-refractivity contribution in [2.75, 3.05) is 5.32 Å². The van der Waals surface area contributed by atoms with Crippen LogP contribution in [0.1, 0.15) is 54.6 Å². The molecule has 0 fully saturated rings. The number of anilines is 1. The molecule has 2 aromatic rings. The van der Waals surface area contributed by atoms with Crippen LogP contribution in [0.2, 0.25) is 0 Å². The fraction of sp³-hybridized carbons (Fsp3) is 0.429. The number of fused-ring (bicyclic) bond motifs is 2. The van der Waals surface area contributed by atoms with Gasteiger partial charge in [-0.2, -0.15) is 0 Å². The Balaban J connectivity index is 1.63. The number of urea groups is 1. The lowest BCUT2D eigenvalue weighted by Gasteiger charge is -2.17. The third kappa shape index (κ3) is 3.92. The van der Waals surface area contributed by atoms with Crippen LogP contribution in [0.15, 0.2) is 33.7 Å². The van der Waals surface area contributed by atoms with Gasteiger partial charge in [-0.25, -0.2) is 14.1 Å². The van der Waals surface area contributed by atoms with Gasteiger partial charge >= 0.3 is 6.03 Å². The summed E-state index contributed by atoms with van der Waals surface area (Å²) in [7, 11) is -3.45. The molecular weight excluding hydrogens is 388 g/mol. The minimum absolute atomic E-state index is 0.143. The lowest BCUT2D eigenvalue weighted by Crippen LogP contribution is -2.21. The molecule has 0 unspecified atom stereocenters. The molecule has 7 nitrogen and oxygen atoms in total. The number of benzene rings is 1. The van der Waals surface area contributed by atoms with Crippen LogP contribution < -0.4 is 10.5 Å². The van der Waals surface area contributed by atoms with Crippen molar-refractivity contribution in [2.24, 2.45) is 9.50 Å². The number of carbonyl (C=O) groups excluding carboxylic acids is 1. The first-order valence-corrected chi connectivity index (χ1v) is 11.4. The van der Waals surface area contributed by atoms with Crippen molar-refractivity contribution in [3.8, 4) is 0 Å². The summed E-state index contributed by atoms with van der Waals surface area (Å²) in [6.07, 6.45) is 7.35. The minimum Gasteiger partial charge on any atom is -0.384 e. The Bertz CT molecular complexity index is 1060. The smallest absolute Gasteiger partial charge is 0.354 e. The Morgan fingerprint density at radius 1 is 1.17 bits per heavy atom. The second kappa shape index (κ2) is 7.19. The highest BCUT2D eigenvalue weighted by molar-refractivity contribution is 7.91. The molecule has 4 rings (SSSR count). The summed E-state index contributed by atoms with van der Waals surface area (Å²) in [5.74, 6) is 0. The van der Waals surface area contributed by atoms with Crippen LogP contribution in [-0.4, -0.2) is 20.3 Å². The van der Waals surface area contributed by atoms with E-state index in [1.54, 1.807) is 13.8 Å². The molecule has 2 aliphatic carbocycles. The number of rotatable bonds is 3. The molecule has 0 radical (unpaired) electrons. The Labute approximate surface area is 171 Å². The number of nitrogens with one attached hydrogen (secondary N) is 1. The lowest BCUT2D eigenvalue weighted by molar-refractivity contribution is 0.0737. The molecule has 8 heteroatoms. The number of aromatic nitrogens is 1. The van der Waals surface area contributed by atoms with Crippen molar-refractivity contribution in [3.05, 3.63) is 52.3 Å². The summed E-state index contributed by atoms with van der Waals surface area (Å²) in [5, 5.41) is 18.7. The Morgan fingerprint density at radius 3 is 2.31 bits per heavy atom. The molecule has 1 aromatic carbocycles. The van der Waals surface area contributed by atoms with Crippen molar-refractivity contribution >= 4 is 21.6 Å². The van der Waals surface area contributed by atoms with Crippen LogP contribution in [0.3, 0.4) is 0 Å². The quantitative estimate of drug-likeness (QED) is 0.714. The SMILES string of the molecule is CC(C)(O)c1ccc([S@@](N)(=O)=NC(=O)Nc2c3c(cc4c2CCC4)CCC3)cn1. The molecule has 0 bridgehead atoms. The van der Waals surface area contributed by atoms with Gasteiger partial charge in [-0.3, -0.25) is 4.98 Å². The summed E-state index contributed by atoms with van der Waals surface area (Å²) in [6, 6.07) is 4.58. The van der Waals surface area contributed by atoms with Crippen molar-refractivity contribution in [3.63, 3.8) is 0 Å². The Morgan fingerprint density at radius 2 is 1.79 bits per heavy atom. The van der Waals surface area contributed by atoms with Gasteiger partial charge in [0, 0.05) is 11.9 Å². The predicted molar refractivity (Wildman–Crippen MR) is 112 cm³/mol. The fourth-order valence-electron chi connectivity index (χ4n) is 4.19. The number of carbonyl (C=O) groups is 1. The van der Waals surface area contributed by atoms with E-state index in [9.17, 15) is 14.1 Å². The third-order valence-corrected chi connectivity index (χ3v) is 6.98. The number of amides is 2. The van der Waals surface area contributed by atoms with Crippen molar-refractivity contribution in [2.45, 2.75) is 62.9 Å². The second-order valence-corrected chi connectivity index (χ2v) is 10.1. The van der Waals surface area contributed by atoms with Gasteiger partial charge in [0.25, 0.3) is 0 Å². The molecule has 2 aliphatic rings. The summed E-state index contributed by atoms with van der Waals surface area (Å²) >= 11 is 0. The maximum Gasteiger partial charge on any atom is 0.354 e. The number of nitrogens with zero attached hydrogens (tertiary/aromatic N) is 2. The molecule has 154 valence electrons. The van der Waals surface area contributed by atoms with Gasteiger partial charge in [0.15, 0.2) is 0 Å². The standard InChI is InChI=1S/C21H26N4O3S/c1-21(2,27)18-10-9-15(12-23-18)29(22,28)25-20(26)24-19-16-7-3-5-13(16)11-14-6-4-8-17(14)19/h9-12,27H,3-8H2,1-2H3,(H3,22,24,25,26,28)/t29-/m0/s1. The number of pyridine rings is 1. The molecule has 4 N–H and O–H groups in total. The van der Waals surface area contributed by atoms with E-state index < -0.39 is 21.5 Å². The first-order valence-electron chi connectivity index (χ1n) is 9.86. The molecule has 1 aromatic heterocycles. The van der Waals surface area contributed by atoms with E-state index in [1.807, 2.05) is 0 Å². The fourth-order valence-corrected chi connectivity index (χ4v) is 5.05.